The third kappa shape index (κ3) is 7.58. The van der Waals surface area contributed by atoms with Gasteiger partial charge in [-0.3, -0.25) is 14.4 Å². The zero-order valence-electron chi connectivity index (χ0n) is 10.1. The molecule has 1 aliphatic heterocycles. The van der Waals surface area contributed by atoms with Crippen LogP contribution in [0, 0.1) is 0 Å². The lowest BCUT2D eigenvalue weighted by atomic mass is 10.1. The molecule has 2 amide bonds. The monoisotopic (exact) mass is 260 g/mol. The van der Waals surface area contributed by atoms with Gasteiger partial charge in [-0.2, -0.15) is 0 Å². The van der Waals surface area contributed by atoms with Crippen molar-refractivity contribution in [1.82, 2.24) is 10.6 Å². The molecule has 1 saturated heterocycles. The van der Waals surface area contributed by atoms with Crippen molar-refractivity contribution in [1.29, 1.82) is 0 Å². The third-order valence-corrected chi connectivity index (χ3v) is 2.19. The molecule has 0 spiro atoms. The second-order valence-electron chi connectivity index (χ2n) is 3.74. The lowest BCUT2D eigenvalue weighted by Gasteiger charge is -2.10. The van der Waals surface area contributed by atoms with E-state index in [-0.39, 0.29) is 0 Å². The van der Waals surface area contributed by atoms with Crippen LogP contribution in [-0.4, -0.2) is 48.6 Å². The van der Waals surface area contributed by atoms with E-state index in [0.717, 1.165) is 12.8 Å². The molecule has 0 saturated carbocycles. The van der Waals surface area contributed by atoms with Crippen molar-refractivity contribution in [2.75, 3.05) is 19.6 Å². The molecule has 18 heavy (non-hydrogen) atoms. The summed E-state index contributed by atoms with van der Waals surface area (Å²) in [5.41, 5.74) is 10.4. The number of carbonyl (C=O) groups is 3. The van der Waals surface area contributed by atoms with Crippen molar-refractivity contribution in [2.24, 2.45) is 11.5 Å². The van der Waals surface area contributed by atoms with Gasteiger partial charge in [-0.1, -0.05) is 6.42 Å². The number of piperazine rings is 1. The van der Waals surface area contributed by atoms with Crippen molar-refractivity contribution in [2.45, 2.75) is 25.3 Å². The maximum atomic E-state index is 10.3. The molecule has 1 heterocycles. The highest BCUT2D eigenvalue weighted by Crippen LogP contribution is 1.96. The van der Waals surface area contributed by atoms with E-state index in [1.807, 2.05) is 0 Å². The first-order valence-electron chi connectivity index (χ1n) is 5.73. The summed E-state index contributed by atoms with van der Waals surface area (Å²) in [6.07, 6.45) is 2.16. The van der Waals surface area contributed by atoms with E-state index in [4.69, 9.17) is 16.6 Å². The molecule has 7 N–H and O–H groups in total. The molecule has 1 atom stereocenters. The number of nitrogens with two attached hydrogens (primary N) is 2. The summed E-state index contributed by atoms with van der Waals surface area (Å²) in [5, 5.41) is 13.1. The summed E-state index contributed by atoms with van der Waals surface area (Å²) in [6.45, 7) is 1.70. The summed E-state index contributed by atoms with van der Waals surface area (Å²) in [5.74, 6) is -2.00. The first-order chi connectivity index (χ1) is 8.49. The summed E-state index contributed by atoms with van der Waals surface area (Å²) in [4.78, 5) is 30.7. The maximum absolute atomic E-state index is 10.3. The number of amides is 2. The van der Waals surface area contributed by atoms with Gasteiger partial charge in [-0.25, -0.2) is 0 Å². The van der Waals surface area contributed by atoms with E-state index in [0.29, 0.717) is 26.1 Å². The van der Waals surface area contributed by atoms with Crippen LogP contribution >= 0.6 is 0 Å². The molecule has 8 nitrogen and oxygen atoms in total. The number of aliphatic carboxylic acids is 1. The van der Waals surface area contributed by atoms with E-state index < -0.39 is 23.8 Å². The molecule has 8 heteroatoms. The molecule has 1 rings (SSSR count). The SMILES string of the molecule is NCCCC[C@H](N)C(=O)O.O=C1NCCNC1=O. The Hall–Kier alpha value is -1.67. The predicted molar refractivity (Wildman–Crippen MR) is 64.5 cm³/mol. The normalized spacial score (nSPS) is 15.9. The van der Waals surface area contributed by atoms with E-state index in [1.165, 1.54) is 0 Å². The molecule has 0 aromatic rings. The van der Waals surface area contributed by atoms with E-state index in [2.05, 4.69) is 10.6 Å². The number of carboxylic acid groups (broad SMARTS) is 1. The number of unbranched alkanes of at least 4 members (excludes halogenated alkanes) is 1. The second kappa shape index (κ2) is 9.37. The van der Waals surface area contributed by atoms with Gasteiger partial charge in [-0.15, -0.1) is 0 Å². The number of carbonyl (C=O) groups excluding carboxylic acids is 2. The Kier molecular flexibility index (Phi) is 8.50. The third-order valence-electron chi connectivity index (χ3n) is 2.19. The van der Waals surface area contributed by atoms with Crippen molar-refractivity contribution in [3.05, 3.63) is 0 Å². The zero-order valence-corrected chi connectivity index (χ0v) is 10.1. The molecule has 1 aliphatic rings. The zero-order chi connectivity index (χ0) is 14.0. The van der Waals surface area contributed by atoms with Crippen molar-refractivity contribution >= 4 is 17.8 Å². The summed E-state index contributed by atoms with van der Waals surface area (Å²) >= 11 is 0. The topological polar surface area (TPSA) is 148 Å². The highest BCUT2D eigenvalue weighted by molar-refractivity contribution is 6.35. The number of hydrogen-bond donors (Lipinski definition) is 5. The molecular weight excluding hydrogens is 240 g/mol. The van der Waals surface area contributed by atoms with Crippen LogP contribution in [0.1, 0.15) is 19.3 Å². The maximum Gasteiger partial charge on any atom is 0.320 e. The minimum atomic E-state index is -0.933. The summed E-state index contributed by atoms with van der Waals surface area (Å²) in [7, 11) is 0. The fourth-order valence-electron chi connectivity index (χ4n) is 1.14. The molecule has 0 radical (unpaired) electrons. The molecule has 0 unspecified atom stereocenters. The van der Waals surface area contributed by atoms with Crippen LogP contribution < -0.4 is 22.1 Å². The smallest absolute Gasteiger partial charge is 0.320 e. The van der Waals surface area contributed by atoms with Crippen LogP contribution in [-0.2, 0) is 14.4 Å². The van der Waals surface area contributed by atoms with Gasteiger partial charge in [0.2, 0.25) is 0 Å². The van der Waals surface area contributed by atoms with Gasteiger partial charge >= 0.3 is 17.8 Å². The van der Waals surface area contributed by atoms with Gasteiger partial charge in [0.15, 0.2) is 0 Å². The molecule has 0 aliphatic carbocycles. The lowest BCUT2D eigenvalue weighted by molar-refractivity contribution is -0.140. The molecular formula is C10H20N4O4. The lowest BCUT2D eigenvalue weighted by Crippen LogP contribution is -2.49. The molecule has 0 aromatic carbocycles. The van der Waals surface area contributed by atoms with Crippen molar-refractivity contribution < 1.29 is 19.5 Å². The predicted octanol–water partition coefficient (Wildman–Crippen LogP) is -2.24. The van der Waals surface area contributed by atoms with Gasteiger partial charge in [0.25, 0.3) is 0 Å². The quantitative estimate of drug-likeness (QED) is 0.279. The first-order valence-corrected chi connectivity index (χ1v) is 5.73. The van der Waals surface area contributed by atoms with Crippen LogP contribution in [0.3, 0.4) is 0 Å². The average molecular weight is 260 g/mol. The number of hydrogen-bond acceptors (Lipinski definition) is 5. The Bertz CT molecular complexity index is 280. The molecule has 104 valence electrons. The Morgan fingerprint density at radius 1 is 1.22 bits per heavy atom. The second-order valence-corrected chi connectivity index (χ2v) is 3.74. The highest BCUT2D eigenvalue weighted by Gasteiger charge is 2.15. The van der Waals surface area contributed by atoms with Gasteiger partial charge in [0.1, 0.15) is 6.04 Å². The Labute approximate surface area is 105 Å². The fourth-order valence-corrected chi connectivity index (χ4v) is 1.14. The van der Waals surface area contributed by atoms with Gasteiger partial charge in [0, 0.05) is 13.1 Å². The van der Waals surface area contributed by atoms with Crippen LogP contribution in [0.4, 0.5) is 0 Å². The Balaban J connectivity index is 0.000000327. The standard InChI is InChI=1S/C6H14N2O2.C4H6N2O2/c7-4-2-1-3-5(8)6(9)10;7-3-4(8)6-2-1-5-3/h5H,1-4,7-8H2,(H,9,10);1-2H2,(H,5,7)(H,6,8)/t5-;/m0./s1. The van der Waals surface area contributed by atoms with Gasteiger partial charge in [0.05, 0.1) is 0 Å². The highest BCUT2D eigenvalue weighted by atomic mass is 16.4. The van der Waals surface area contributed by atoms with Gasteiger partial charge in [-0.05, 0) is 19.4 Å². The Morgan fingerprint density at radius 2 is 1.72 bits per heavy atom. The van der Waals surface area contributed by atoms with Gasteiger partial charge < -0.3 is 27.2 Å². The number of nitrogens with one attached hydrogen (secondary N) is 2. The molecule has 1 fully saturated rings. The largest absolute Gasteiger partial charge is 0.480 e. The van der Waals surface area contributed by atoms with Crippen molar-refractivity contribution in [3.63, 3.8) is 0 Å². The number of rotatable bonds is 5. The van der Waals surface area contributed by atoms with E-state index in [1.54, 1.807) is 0 Å². The average Bonchev–Trinajstić information content (AvgIpc) is 2.34. The number of carboxylic acids is 1. The minimum Gasteiger partial charge on any atom is -0.480 e. The van der Waals surface area contributed by atoms with E-state index in [9.17, 15) is 14.4 Å². The summed E-state index contributed by atoms with van der Waals surface area (Å²) in [6, 6.07) is -0.716. The molecule has 0 bridgehead atoms. The van der Waals surface area contributed by atoms with Crippen LogP contribution in [0.15, 0.2) is 0 Å². The van der Waals surface area contributed by atoms with E-state index >= 15 is 0 Å². The van der Waals surface area contributed by atoms with Crippen LogP contribution in [0.5, 0.6) is 0 Å². The first kappa shape index (κ1) is 16.3. The summed E-state index contributed by atoms with van der Waals surface area (Å²) < 4.78 is 0. The van der Waals surface area contributed by atoms with Crippen LogP contribution in [0.25, 0.3) is 0 Å². The fraction of sp³-hybridized carbons (Fsp3) is 0.700. The Morgan fingerprint density at radius 3 is 2.06 bits per heavy atom. The molecule has 0 aromatic heterocycles. The minimum absolute atomic E-state index is 0.520. The van der Waals surface area contributed by atoms with Crippen LogP contribution in [0.2, 0.25) is 0 Å². The van der Waals surface area contributed by atoms with Crippen molar-refractivity contribution in [3.8, 4) is 0 Å².